The summed E-state index contributed by atoms with van der Waals surface area (Å²) in [5.74, 6) is -0.112. The second kappa shape index (κ2) is 7.35. The third-order valence-corrected chi connectivity index (χ3v) is 2.72. The van der Waals surface area contributed by atoms with E-state index in [1.807, 2.05) is 6.92 Å². The molecule has 0 aromatic heterocycles. The molecule has 0 fully saturated rings. The van der Waals surface area contributed by atoms with E-state index in [-0.39, 0.29) is 18.1 Å². The Hall–Kier alpha value is -2.11. The van der Waals surface area contributed by atoms with E-state index < -0.39 is 4.92 Å². The highest BCUT2D eigenvalue weighted by atomic mass is 16.6. The minimum atomic E-state index is -0.452. The van der Waals surface area contributed by atoms with Crippen molar-refractivity contribution in [2.45, 2.75) is 26.7 Å². The average Bonchev–Trinajstić information content (AvgIpc) is 2.37. The van der Waals surface area contributed by atoms with Crippen LogP contribution in [0.5, 0.6) is 0 Å². The first-order valence-electron chi connectivity index (χ1n) is 6.30. The van der Waals surface area contributed by atoms with E-state index >= 15 is 0 Å². The van der Waals surface area contributed by atoms with Crippen molar-refractivity contribution in [3.05, 3.63) is 33.9 Å². The second-order valence-corrected chi connectivity index (χ2v) is 4.31. The van der Waals surface area contributed by atoms with Crippen molar-refractivity contribution in [2.24, 2.45) is 0 Å². The quantitative estimate of drug-likeness (QED) is 0.450. The smallest absolute Gasteiger partial charge is 0.271 e. The molecule has 6 nitrogen and oxygen atoms in total. The number of amides is 1. The van der Waals surface area contributed by atoms with Crippen molar-refractivity contribution >= 4 is 17.3 Å². The zero-order chi connectivity index (χ0) is 14.3. The molecule has 19 heavy (non-hydrogen) atoms. The van der Waals surface area contributed by atoms with E-state index in [2.05, 4.69) is 17.6 Å². The molecule has 0 bridgehead atoms. The number of nitrogens with zero attached hydrogens (tertiary/aromatic N) is 1. The first kappa shape index (κ1) is 14.9. The summed E-state index contributed by atoms with van der Waals surface area (Å²) in [4.78, 5) is 21.7. The number of non-ortho nitro benzene ring substituents is 1. The van der Waals surface area contributed by atoms with Gasteiger partial charge in [0.15, 0.2) is 0 Å². The van der Waals surface area contributed by atoms with Crippen LogP contribution in [0.4, 0.5) is 11.4 Å². The Morgan fingerprint density at radius 2 is 2.16 bits per heavy atom. The predicted molar refractivity (Wildman–Crippen MR) is 74.2 cm³/mol. The van der Waals surface area contributed by atoms with E-state index in [1.165, 1.54) is 12.1 Å². The van der Waals surface area contributed by atoms with Crippen molar-refractivity contribution in [1.29, 1.82) is 0 Å². The maximum atomic E-state index is 11.5. The van der Waals surface area contributed by atoms with Crippen LogP contribution in [-0.4, -0.2) is 23.9 Å². The first-order chi connectivity index (χ1) is 9.04. The first-order valence-corrected chi connectivity index (χ1v) is 6.30. The van der Waals surface area contributed by atoms with Gasteiger partial charge in [-0.1, -0.05) is 19.4 Å². The largest absolute Gasteiger partial charge is 0.376 e. The Morgan fingerprint density at radius 1 is 1.42 bits per heavy atom. The molecule has 1 aromatic carbocycles. The molecular formula is C13H19N3O3. The van der Waals surface area contributed by atoms with Crippen LogP contribution in [0.25, 0.3) is 0 Å². The molecule has 6 heteroatoms. The number of nitrogens with one attached hydrogen (secondary N) is 2. The summed E-state index contributed by atoms with van der Waals surface area (Å²) in [5, 5.41) is 16.4. The highest BCUT2D eigenvalue weighted by molar-refractivity contribution is 5.81. The molecule has 1 rings (SSSR count). The summed E-state index contributed by atoms with van der Waals surface area (Å²) in [6.07, 6.45) is 1.97. The second-order valence-electron chi connectivity index (χ2n) is 4.31. The molecule has 0 saturated heterocycles. The van der Waals surface area contributed by atoms with Crippen molar-refractivity contribution in [3.8, 4) is 0 Å². The van der Waals surface area contributed by atoms with Gasteiger partial charge in [0.05, 0.1) is 11.5 Å². The maximum Gasteiger partial charge on any atom is 0.271 e. The van der Waals surface area contributed by atoms with Crippen LogP contribution in [0, 0.1) is 17.0 Å². The fraction of sp³-hybridized carbons (Fsp3) is 0.462. The highest BCUT2D eigenvalue weighted by Gasteiger charge is 2.09. The molecule has 2 N–H and O–H groups in total. The van der Waals surface area contributed by atoms with Crippen molar-refractivity contribution < 1.29 is 9.72 Å². The van der Waals surface area contributed by atoms with Gasteiger partial charge in [0.1, 0.15) is 0 Å². The van der Waals surface area contributed by atoms with Crippen LogP contribution in [0.3, 0.4) is 0 Å². The summed E-state index contributed by atoms with van der Waals surface area (Å²) < 4.78 is 0. The lowest BCUT2D eigenvalue weighted by molar-refractivity contribution is -0.384. The Kier molecular flexibility index (Phi) is 5.78. The van der Waals surface area contributed by atoms with Crippen molar-refractivity contribution in [1.82, 2.24) is 5.32 Å². The zero-order valence-corrected chi connectivity index (χ0v) is 11.2. The van der Waals surface area contributed by atoms with E-state index in [1.54, 1.807) is 6.07 Å². The minimum Gasteiger partial charge on any atom is -0.376 e. The number of carbonyl (C=O) groups is 1. The van der Waals surface area contributed by atoms with Crippen LogP contribution >= 0.6 is 0 Å². The van der Waals surface area contributed by atoms with E-state index in [0.717, 1.165) is 18.4 Å². The lowest BCUT2D eigenvalue weighted by Crippen LogP contribution is -2.30. The summed E-state index contributed by atoms with van der Waals surface area (Å²) >= 11 is 0. The zero-order valence-electron chi connectivity index (χ0n) is 11.2. The highest BCUT2D eigenvalue weighted by Crippen LogP contribution is 2.21. The van der Waals surface area contributed by atoms with E-state index in [9.17, 15) is 14.9 Å². The van der Waals surface area contributed by atoms with Gasteiger partial charge in [-0.05, 0) is 18.9 Å². The summed E-state index contributed by atoms with van der Waals surface area (Å²) in [6, 6.07) is 4.55. The summed E-state index contributed by atoms with van der Waals surface area (Å²) in [5.41, 5.74) is 1.49. The number of hydrogen-bond donors (Lipinski definition) is 2. The van der Waals surface area contributed by atoms with Gasteiger partial charge in [-0.3, -0.25) is 14.9 Å². The van der Waals surface area contributed by atoms with Gasteiger partial charge in [0.2, 0.25) is 5.91 Å². The lowest BCUT2D eigenvalue weighted by Gasteiger charge is -2.09. The van der Waals surface area contributed by atoms with Crippen LogP contribution in [0.15, 0.2) is 18.2 Å². The van der Waals surface area contributed by atoms with Crippen LogP contribution in [-0.2, 0) is 4.79 Å². The number of carbonyl (C=O) groups excluding carboxylic acids is 1. The molecular weight excluding hydrogens is 246 g/mol. The van der Waals surface area contributed by atoms with Crippen molar-refractivity contribution in [2.75, 3.05) is 18.4 Å². The Morgan fingerprint density at radius 3 is 2.79 bits per heavy atom. The summed E-state index contributed by atoms with van der Waals surface area (Å²) in [6.45, 7) is 4.66. The van der Waals surface area contributed by atoms with Gasteiger partial charge < -0.3 is 10.6 Å². The number of benzene rings is 1. The standard InChI is InChI=1S/C13H19N3O3/c1-3-4-7-14-13(17)9-15-12-8-11(16(18)19)6-5-10(12)2/h5-6,8,15H,3-4,7,9H2,1-2H3,(H,14,17). The van der Waals surface area contributed by atoms with Crippen LogP contribution in [0.1, 0.15) is 25.3 Å². The molecule has 0 unspecified atom stereocenters. The Bertz CT molecular complexity index is 460. The number of nitro groups is 1. The monoisotopic (exact) mass is 265 g/mol. The SMILES string of the molecule is CCCCNC(=O)CNc1cc([N+](=O)[O-])ccc1C. The molecule has 0 radical (unpaired) electrons. The van der Waals surface area contributed by atoms with E-state index in [4.69, 9.17) is 0 Å². The molecule has 1 aromatic rings. The van der Waals surface area contributed by atoms with Crippen LogP contribution < -0.4 is 10.6 Å². The normalized spacial score (nSPS) is 10.0. The van der Waals surface area contributed by atoms with Gasteiger partial charge in [-0.2, -0.15) is 0 Å². The van der Waals surface area contributed by atoms with Gasteiger partial charge >= 0.3 is 0 Å². The predicted octanol–water partition coefficient (Wildman–Crippen LogP) is 2.23. The number of nitro benzene ring substituents is 1. The lowest BCUT2D eigenvalue weighted by atomic mass is 10.2. The molecule has 0 aliphatic heterocycles. The third kappa shape index (κ3) is 4.95. The van der Waals surface area contributed by atoms with Crippen LogP contribution in [0.2, 0.25) is 0 Å². The van der Waals surface area contributed by atoms with Gasteiger partial charge in [-0.25, -0.2) is 0 Å². The van der Waals surface area contributed by atoms with E-state index in [0.29, 0.717) is 12.2 Å². The molecule has 0 aliphatic carbocycles. The van der Waals surface area contributed by atoms with Gasteiger partial charge in [-0.15, -0.1) is 0 Å². The number of rotatable bonds is 7. The molecule has 1 amide bonds. The fourth-order valence-corrected chi connectivity index (χ4v) is 1.56. The van der Waals surface area contributed by atoms with Gasteiger partial charge in [0.25, 0.3) is 5.69 Å². The molecule has 0 atom stereocenters. The Labute approximate surface area is 112 Å². The molecule has 104 valence electrons. The number of anilines is 1. The topological polar surface area (TPSA) is 84.3 Å². The number of unbranched alkanes of at least 4 members (excludes halogenated alkanes) is 1. The van der Waals surface area contributed by atoms with Gasteiger partial charge in [0, 0.05) is 24.4 Å². The van der Waals surface area contributed by atoms with Crippen molar-refractivity contribution in [3.63, 3.8) is 0 Å². The molecule has 0 aliphatic rings. The molecule has 0 saturated carbocycles. The number of aryl methyl sites for hydroxylation is 1. The third-order valence-electron chi connectivity index (χ3n) is 2.72. The molecule has 0 heterocycles. The summed E-state index contributed by atoms with van der Waals surface area (Å²) in [7, 11) is 0. The number of hydrogen-bond acceptors (Lipinski definition) is 4. The minimum absolute atomic E-state index is 0.0134. The fourth-order valence-electron chi connectivity index (χ4n) is 1.56. The Balaban J connectivity index is 2.54. The molecule has 0 spiro atoms. The maximum absolute atomic E-state index is 11.5. The average molecular weight is 265 g/mol.